The predicted molar refractivity (Wildman–Crippen MR) is 70.2 cm³/mol. The van der Waals surface area contributed by atoms with Gasteiger partial charge >= 0.3 is 0 Å². The van der Waals surface area contributed by atoms with E-state index >= 15 is 0 Å². The number of halogens is 1. The zero-order chi connectivity index (χ0) is 12.0. The summed E-state index contributed by atoms with van der Waals surface area (Å²) in [5.74, 6) is 0.539. The number of benzene rings is 1. The van der Waals surface area contributed by atoms with Crippen molar-refractivity contribution in [1.82, 2.24) is 0 Å². The Morgan fingerprint density at radius 2 is 2.00 bits per heavy atom. The molecule has 0 saturated heterocycles. The molecule has 3 heteroatoms. The SMILES string of the molecule is COC(C)(C)CCNc1ccccc1CCl. The molecule has 0 bridgehead atoms. The molecule has 0 aliphatic carbocycles. The summed E-state index contributed by atoms with van der Waals surface area (Å²) in [6.07, 6.45) is 0.958. The van der Waals surface area contributed by atoms with Crippen LogP contribution in [0.5, 0.6) is 0 Å². The van der Waals surface area contributed by atoms with Crippen molar-refractivity contribution in [2.24, 2.45) is 0 Å². The maximum absolute atomic E-state index is 5.86. The molecule has 0 amide bonds. The average Bonchev–Trinajstić information content (AvgIpc) is 2.29. The minimum absolute atomic E-state index is 0.0804. The third-order valence-electron chi connectivity index (χ3n) is 2.76. The molecule has 1 aromatic rings. The maximum atomic E-state index is 5.86. The molecular formula is C13H20ClNO. The summed E-state index contributed by atoms with van der Waals surface area (Å²) >= 11 is 5.86. The molecule has 2 nitrogen and oxygen atoms in total. The molecule has 1 aromatic carbocycles. The minimum Gasteiger partial charge on any atom is -0.385 e. The lowest BCUT2D eigenvalue weighted by Crippen LogP contribution is -2.25. The number of para-hydroxylation sites is 1. The van der Waals surface area contributed by atoms with Crippen LogP contribution in [0.1, 0.15) is 25.8 Å². The zero-order valence-corrected chi connectivity index (χ0v) is 11.0. The van der Waals surface area contributed by atoms with Crippen molar-refractivity contribution in [3.8, 4) is 0 Å². The first-order valence-corrected chi connectivity index (χ1v) is 6.05. The molecular weight excluding hydrogens is 222 g/mol. The fourth-order valence-electron chi connectivity index (χ4n) is 1.41. The van der Waals surface area contributed by atoms with Crippen molar-refractivity contribution < 1.29 is 4.74 Å². The molecule has 1 rings (SSSR count). The molecule has 0 saturated carbocycles. The van der Waals surface area contributed by atoms with Gasteiger partial charge in [-0.3, -0.25) is 0 Å². The third kappa shape index (κ3) is 4.03. The molecule has 0 radical (unpaired) electrons. The lowest BCUT2D eigenvalue weighted by molar-refractivity contribution is 0.0185. The number of methoxy groups -OCH3 is 1. The monoisotopic (exact) mass is 241 g/mol. The Bertz CT molecular complexity index is 325. The van der Waals surface area contributed by atoms with E-state index in [1.165, 1.54) is 0 Å². The molecule has 0 heterocycles. The highest BCUT2D eigenvalue weighted by molar-refractivity contribution is 6.17. The highest BCUT2D eigenvalue weighted by Gasteiger charge is 2.15. The molecule has 1 N–H and O–H groups in total. The van der Waals surface area contributed by atoms with Crippen LogP contribution in [0.3, 0.4) is 0 Å². The van der Waals surface area contributed by atoms with E-state index in [-0.39, 0.29) is 5.60 Å². The second-order valence-electron chi connectivity index (χ2n) is 4.43. The minimum atomic E-state index is -0.0804. The summed E-state index contributed by atoms with van der Waals surface area (Å²) in [5, 5.41) is 3.39. The van der Waals surface area contributed by atoms with Crippen LogP contribution in [0.2, 0.25) is 0 Å². The van der Waals surface area contributed by atoms with E-state index < -0.39 is 0 Å². The second-order valence-corrected chi connectivity index (χ2v) is 4.70. The van der Waals surface area contributed by atoms with Crippen molar-refractivity contribution in [2.75, 3.05) is 19.0 Å². The van der Waals surface area contributed by atoms with Gasteiger partial charge in [-0.1, -0.05) is 18.2 Å². The fraction of sp³-hybridized carbons (Fsp3) is 0.538. The van der Waals surface area contributed by atoms with Crippen LogP contribution in [0, 0.1) is 0 Å². The van der Waals surface area contributed by atoms with Gasteiger partial charge in [-0.05, 0) is 31.9 Å². The summed E-state index contributed by atoms with van der Waals surface area (Å²) in [7, 11) is 1.74. The van der Waals surface area contributed by atoms with E-state index in [9.17, 15) is 0 Å². The van der Waals surface area contributed by atoms with Gasteiger partial charge in [0.15, 0.2) is 0 Å². The Labute approximate surface area is 103 Å². The van der Waals surface area contributed by atoms with Gasteiger partial charge in [0.1, 0.15) is 0 Å². The van der Waals surface area contributed by atoms with Crippen molar-refractivity contribution in [2.45, 2.75) is 31.7 Å². The first-order valence-electron chi connectivity index (χ1n) is 5.52. The van der Waals surface area contributed by atoms with Crippen molar-refractivity contribution in [3.63, 3.8) is 0 Å². The van der Waals surface area contributed by atoms with Gasteiger partial charge in [0.2, 0.25) is 0 Å². The molecule has 0 spiro atoms. The summed E-state index contributed by atoms with van der Waals surface area (Å²) in [6, 6.07) is 8.11. The van der Waals surface area contributed by atoms with Gasteiger partial charge in [0.25, 0.3) is 0 Å². The van der Waals surface area contributed by atoms with Crippen LogP contribution >= 0.6 is 11.6 Å². The largest absolute Gasteiger partial charge is 0.385 e. The number of hydrogen-bond acceptors (Lipinski definition) is 2. The number of anilines is 1. The van der Waals surface area contributed by atoms with Gasteiger partial charge in [0, 0.05) is 25.2 Å². The molecule has 0 aliphatic heterocycles. The summed E-state index contributed by atoms with van der Waals surface area (Å²) in [5.41, 5.74) is 2.17. The van der Waals surface area contributed by atoms with E-state index in [4.69, 9.17) is 16.3 Å². The number of rotatable bonds is 6. The van der Waals surface area contributed by atoms with Gasteiger partial charge in [-0.25, -0.2) is 0 Å². The number of nitrogens with one attached hydrogen (secondary N) is 1. The van der Waals surface area contributed by atoms with Crippen molar-refractivity contribution in [1.29, 1.82) is 0 Å². The molecule has 0 fully saturated rings. The lowest BCUT2D eigenvalue weighted by atomic mass is 10.1. The van der Waals surface area contributed by atoms with Crippen LogP contribution < -0.4 is 5.32 Å². The van der Waals surface area contributed by atoms with E-state index in [2.05, 4.69) is 25.2 Å². The second kappa shape index (κ2) is 6.12. The Kier molecular flexibility index (Phi) is 5.10. The maximum Gasteiger partial charge on any atom is 0.0639 e. The van der Waals surface area contributed by atoms with Crippen LogP contribution in [0.4, 0.5) is 5.69 Å². The highest BCUT2D eigenvalue weighted by Crippen LogP contribution is 2.18. The quantitative estimate of drug-likeness (QED) is 0.768. The van der Waals surface area contributed by atoms with E-state index in [0.717, 1.165) is 24.2 Å². The first kappa shape index (κ1) is 13.3. The van der Waals surface area contributed by atoms with Gasteiger partial charge in [-0.2, -0.15) is 0 Å². The Balaban J connectivity index is 2.49. The number of ether oxygens (including phenoxy) is 1. The van der Waals surface area contributed by atoms with Crippen LogP contribution in [0.25, 0.3) is 0 Å². The van der Waals surface area contributed by atoms with E-state index in [1.807, 2.05) is 18.2 Å². The average molecular weight is 242 g/mol. The van der Waals surface area contributed by atoms with Crippen LogP contribution in [-0.4, -0.2) is 19.3 Å². The van der Waals surface area contributed by atoms with Gasteiger partial charge < -0.3 is 10.1 Å². The summed E-state index contributed by atoms with van der Waals surface area (Å²) in [4.78, 5) is 0. The highest BCUT2D eigenvalue weighted by atomic mass is 35.5. The molecule has 0 aliphatic rings. The van der Waals surface area contributed by atoms with Crippen molar-refractivity contribution >= 4 is 17.3 Å². The topological polar surface area (TPSA) is 21.3 Å². The van der Waals surface area contributed by atoms with Crippen LogP contribution in [-0.2, 0) is 10.6 Å². The molecule has 0 atom stereocenters. The first-order chi connectivity index (χ1) is 7.59. The van der Waals surface area contributed by atoms with Crippen molar-refractivity contribution in [3.05, 3.63) is 29.8 Å². The lowest BCUT2D eigenvalue weighted by Gasteiger charge is -2.23. The van der Waals surface area contributed by atoms with Gasteiger partial charge in [0.05, 0.1) is 5.60 Å². The molecule has 0 aromatic heterocycles. The molecule has 0 unspecified atom stereocenters. The predicted octanol–water partition coefficient (Wildman–Crippen LogP) is 3.65. The molecule has 90 valence electrons. The van der Waals surface area contributed by atoms with E-state index in [1.54, 1.807) is 7.11 Å². The standard InChI is InChI=1S/C13H20ClNO/c1-13(2,16-3)8-9-15-12-7-5-4-6-11(12)10-14/h4-7,15H,8-10H2,1-3H3. The number of hydrogen-bond donors (Lipinski definition) is 1. The van der Waals surface area contributed by atoms with Gasteiger partial charge in [-0.15, -0.1) is 11.6 Å². The number of alkyl halides is 1. The Morgan fingerprint density at radius 1 is 1.31 bits per heavy atom. The Morgan fingerprint density at radius 3 is 2.62 bits per heavy atom. The van der Waals surface area contributed by atoms with Crippen LogP contribution in [0.15, 0.2) is 24.3 Å². The normalized spacial score (nSPS) is 11.5. The summed E-state index contributed by atoms with van der Waals surface area (Å²) in [6.45, 7) is 5.05. The Hall–Kier alpha value is -0.730. The summed E-state index contributed by atoms with van der Waals surface area (Å²) < 4.78 is 5.37. The fourth-order valence-corrected chi connectivity index (χ4v) is 1.64. The smallest absolute Gasteiger partial charge is 0.0639 e. The molecule has 16 heavy (non-hydrogen) atoms. The zero-order valence-electron chi connectivity index (χ0n) is 10.2. The third-order valence-corrected chi connectivity index (χ3v) is 3.04. The van der Waals surface area contributed by atoms with E-state index in [0.29, 0.717) is 5.88 Å².